The number of halogens is 2. The lowest BCUT2D eigenvalue weighted by Crippen LogP contribution is -2.34. The maximum atomic E-state index is 12.3. The van der Waals surface area contributed by atoms with E-state index >= 15 is 0 Å². The van der Waals surface area contributed by atoms with Gasteiger partial charge in [-0.3, -0.25) is 0 Å². The van der Waals surface area contributed by atoms with Gasteiger partial charge in [0.1, 0.15) is 11.5 Å². The van der Waals surface area contributed by atoms with Gasteiger partial charge in [-0.25, -0.2) is 9.80 Å². The predicted molar refractivity (Wildman–Crippen MR) is 106 cm³/mol. The SMILES string of the molecule is CN(C)CCN1CCN(N=Cc2ccc(-c3ccc(Cl)cc3)o2)C1=O.Cl. The van der Waals surface area contributed by atoms with Crippen LogP contribution in [0.25, 0.3) is 11.3 Å². The fourth-order valence-electron chi connectivity index (χ4n) is 2.52. The highest BCUT2D eigenvalue weighted by Crippen LogP contribution is 2.23. The van der Waals surface area contributed by atoms with Crippen LogP contribution in [0.5, 0.6) is 0 Å². The number of hydrogen-bond donors (Lipinski definition) is 0. The standard InChI is InChI=1S/C18H21ClN4O2.ClH/c1-21(2)9-10-22-11-12-23(18(22)24)20-13-16-7-8-17(25-16)14-3-5-15(19)6-4-14;/h3-8,13H,9-12H2,1-2H3;1H. The molecule has 0 N–H and O–H groups in total. The van der Waals surface area contributed by atoms with Crippen LogP contribution in [0.4, 0.5) is 4.79 Å². The van der Waals surface area contributed by atoms with E-state index in [0.29, 0.717) is 30.4 Å². The molecule has 140 valence electrons. The summed E-state index contributed by atoms with van der Waals surface area (Å²) in [5.74, 6) is 1.34. The molecule has 3 rings (SSSR count). The van der Waals surface area contributed by atoms with Crippen LogP contribution >= 0.6 is 24.0 Å². The summed E-state index contributed by atoms with van der Waals surface area (Å²) in [6, 6.07) is 11.1. The molecule has 0 saturated carbocycles. The summed E-state index contributed by atoms with van der Waals surface area (Å²) in [6.45, 7) is 2.83. The average molecular weight is 397 g/mol. The van der Waals surface area contributed by atoms with E-state index in [1.54, 1.807) is 11.1 Å². The Hall–Kier alpha value is -2.02. The van der Waals surface area contributed by atoms with Crippen LogP contribution in [0.15, 0.2) is 45.9 Å². The number of amides is 2. The fourth-order valence-corrected chi connectivity index (χ4v) is 2.65. The summed E-state index contributed by atoms with van der Waals surface area (Å²) in [6.07, 6.45) is 1.58. The number of hydrazone groups is 1. The number of nitrogens with zero attached hydrogens (tertiary/aromatic N) is 4. The molecule has 2 heterocycles. The lowest BCUT2D eigenvalue weighted by molar-refractivity contribution is 0.190. The first-order chi connectivity index (χ1) is 12.0. The molecule has 1 aliphatic rings. The largest absolute Gasteiger partial charge is 0.455 e. The first-order valence-electron chi connectivity index (χ1n) is 8.14. The highest BCUT2D eigenvalue weighted by atomic mass is 35.5. The van der Waals surface area contributed by atoms with Crippen molar-refractivity contribution in [1.29, 1.82) is 0 Å². The highest BCUT2D eigenvalue weighted by Gasteiger charge is 2.27. The smallest absolute Gasteiger partial charge is 0.340 e. The second-order valence-corrected chi connectivity index (χ2v) is 6.59. The lowest BCUT2D eigenvalue weighted by Gasteiger charge is -2.18. The molecule has 2 aromatic rings. The van der Waals surface area contributed by atoms with Crippen molar-refractivity contribution in [2.45, 2.75) is 0 Å². The van der Waals surface area contributed by atoms with Crippen molar-refractivity contribution in [2.75, 3.05) is 40.3 Å². The molecule has 1 aromatic carbocycles. The third-order valence-electron chi connectivity index (χ3n) is 3.97. The van der Waals surface area contributed by atoms with Gasteiger partial charge in [-0.15, -0.1) is 12.4 Å². The van der Waals surface area contributed by atoms with Crippen molar-refractivity contribution >= 4 is 36.3 Å². The molecule has 0 atom stereocenters. The van der Waals surface area contributed by atoms with E-state index in [0.717, 1.165) is 17.9 Å². The second-order valence-electron chi connectivity index (χ2n) is 6.15. The quantitative estimate of drug-likeness (QED) is 0.700. The summed E-state index contributed by atoms with van der Waals surface area (Å²) in [5.41, 5.74) is 0.941. The van der Waals surface area contributed by atoms with Gasteiger partial charge in [0, 0.05) is 30.2 Å². The molecule has 1 aliphatic heterocycles. The maximum Gasteiger partial charge on any atom is 0.340 e. The number of carbonyl (C=O) groups is 1. The maximum absolute atomic E-state index is 12.3. The average Bonchev–Trinajstić information content (AvgIpc) is 3.19. The molecule has 1 saturated heterocycles. The monoisotopic (exact) mass is 396 g/mol. The Morgan fingerprint density at radius 2 is 1.92 bits per heavy atom. The topological polar surface area (TPSA) is 52.3 Å². The van der Waals surface area contributed by atoms with Crippen LogP contribution in [-0.2, 0) is 0 Å². The second kappa shape index (κ2) is 9.07. The van der Waals surface area contributed by atoms with Crippen LogP contribution in [-0.4, -0.2) is 67.3 Å². The van der Waals surface area contributed by atoms with E-state index in [2.05, 4.69) is 10.0 Å². The molecule has 1 fully saturated rings. The van der Waals surface area contributed by atoms with Gasteiger partial charge in [-0.1, -0.05) is 11.6 Å². The number of urea groups is 1. The Balaban J connectivity index is 0.00000243. The Labute approximate surface area is 164 Å². The highest BCUT2D eigenvalue weighted by molar-refractivity contribution is 6.30. The fraction of sp³-hybridized carbons (Fsp3) is 0.333. The van der Waals surface area contributed by atoms with E-state index < -0.39 is 0 Å². The molecule has 0 aliphatic carbocycles. The molecule has 0 radical (unpaired) electrons. The van der Waals surface area contributed by atoms with Crippen LogP contribution in [0.2, 0.25) is 5.02 Å². The van der Waals surface area contributed by atoms with Crippen molar-refractivity contribution < 1.29 is 9.21 Å². The molecule has 0 bridgehead atoms. The molecule has 6 nitrogen and oxygen atoms in total. The van der Waals surface area contributed by atoms with Gasteiger partial charge < -0.3 is 14.2 Å². The Morgan fingerprint density at radius 1 is 1.19 bits per heavy atom. The van der Waals surface area contributed by atoms with Crippen LogP contribution in [0.1, 0.15) is 5.76 Å². The van der Waals surface area contributed by atoms with E-state index in [9.17, 15) is 4.79 Å². The van der Waals surface area contributed by atoms with Crippen molar-refractivity contribution in [2.24, 2.45) is 5.10 Å². The number of benzene rings is 1. The van der Waals surface area contributed by atoms with E-state index in [1.165, 1.54) is 5.01 Å². The van der Waals surface area contributed by atoms with Crippen molar-refractivity contribution in [3.63, 3.8) is 0 Å². The van der Waals surface area contributed by atoms with Crippen molar-refractivity contribution in [3.05, 3.63) is 47.2 Å². The first kappa shape index (κ1) is 20.3. The Morgan fingerprint density at radius 3 is 2.62 bits per heavy atom. The molecule has 2 amide bonds. The van der Waals surface area contributed by atoms with Gasteiger partial charge in [-0.2, -0.15) is 5.10 Å². The van der Waals surface area contributed by atoms with E-state index in [1.807, 2.05) is 50.5 Å². The number of rotatable bonds is 6. The summed E-state index contributed by atoms with van der Waals surface area (Å²) in [4.78, 5) is 16.1. The summed E-state index contributed by atoms with van der Waals surface area (Å²) < 4.78 is 5.76. The van der Waals surface area contributed by atoms with Gasteiger partial charge in [0.05, 0.1) is 12.8 Å². The number of carbonyl (C=O) groups excluding carboxylic acids is 1. The number of furan rings is 1. The minimum atomic E-state index is -0.0671. The van der Waals surface area contributed by atoms with Gasteiger partial charge in [0.15, 0.2) is 0 Å². The molecule has 8 heteroatoms. The molecule has 1 aromatic heterocycles. The molecule has 0 unspecified atom stereocenters. The van der Waals surface area contributed by atoms with E-state index in [4.69, 9.17) is 16.0 Å². The zero-order valence-electron chi connectivity index (χ0n) is 14.8. The Bertz CT molecular complexity index is 759. The van der Waals surface area contributed by atoms with Crippen molar-refractivity contribution in [3.8, 4) is 11.3 Å². The number of likely N-dealkylation sites (N-methyl/N-ethyl adjacent to an activating group) is 1. The zero-order valence-corrected chi connectivity index (χ0v) is 16.3. The molecular formula is C18H22Cl2N4O2. The molecule has 0 spiro atoms. The summed E-state index contributed by atoms with van der Waals surface area (Å²) in [7, 11) is 3.98. The van der Waals surface area contributed by atoms with Gasteiger partial charge in [-0.05, 0) is 50.5 Å². The zero-order chi connectivity index (χ0) is 17.8. The lowest BCUT2D eigenvalue weighted by atomic mass is 10.2. The normalized spacial score (nSPS) is 14.5. The first-order valence-corrected chi connectivity index (χ1v) is 8.51. The van der Waals surface area contributed by atoms with Crippen LogP contribution in [0, 0.1) is 0 Å². The minimum Gasteiger partial charge on any atom is -0.455 e. The summed E-state index contributed by atoms with van der Waals surface area (Å²) in [5, 5.41) is 6.42. The van der Waals surface area contributed by atoms with Crippen LogP contribution in [0.3, 0.4) is 0 Å². The summed E-state index contributed by atoms with van der Waals surface area (Å²) >= 11 is 5.90. The third kappa shape index (κ3) is 5.00. The predicted octanol–water partition coefficient (Wildman–Crippen LogP) is 3.65. The minimum absolute atomic E-state index is 0. The number of hydrogen-bond acceptors (Lipinski definition) is 4. The third-order valence-corrected chi connectivity index (χ3v) is 4.22. The van der Waals surface area contributed by atoms with Gasteiger partial charge in [0.25, 0.3) is 0 Å². The molecular weight excluding hydrogens is 375 g/mol. The van der Waals surface area contributed by atoms with Gasteiger partial charge >= 0.3 is 6.03 Å². The van der Waals surface area contributed by atoms with Gasteiger partial charge in [0.2, 0.25) is 0 Å². The van der Waals surface area contributed by atoms with Crippen molar-refractivity contribution in [1.82, 2.24) is 14.8 Å². The van der Waals surface area contributed by atoms with E-state index in [-0.39, 0.29) is 18.4 Å². The molecule has 26 heavy (non-hydrogen) atoms. The Kier molecular flexibility index (Phi) is 7.08. The van der Waals surface area contributed by atoms with Crippen LogP contribution < -0.4 is 0 Å².